The van der Waals surface area contributed by atoms with E-state index in [1.807, 2.05) is 0 Å². The molecular weight excluding hydrogens is 525 g/mol. The molecule has 0 bridgehead atoms. The number of carboxylic acid groups (broad SMARTS) is 2. The van der Waals surface area contributed by atoms with E-state index >= 15 is 0 Å². The normalized spacial score (nSPS) is 20.2. The summed E-state index contributed by atoms with van der Waals surface area (Å²) in [7, 11) is -3.96. The SMILES string of the molecule is Nc1nc(/C(=N/O)C(=O)NC2C(=O)N3C(C(=O)[O-])=C(CS(=O)(=O)CCC(=O)O)CS[C@H]23)cs1.[Na+]. The molecule has 2 amide bonds. The van der Waals surface area contributed by atoms with Crippen molar-refractivity contribution in [2.45, 2.75) is 17.8 Å². The molecule has 3 heterocycles. The summed E-state index contributed by atoms with van der Waals surface area (Å²) in [5.74, 6) is -6.46. The van der Waals surface area contributed by atoms with Crippen LogP contribution in [0.4, 0.5) is 5.13 Å². The number of carbonyl (C=O) groups is 4. The number of nitrogens with two attached hydrogens (primary N) is 1. The molecule has 1 fully saturated rings. The number of carboxylic acids is 2. The Bertz CT molecular complexity index is 1200. The maximum absolute atomic E-state index is 12.6. The topological polar surface area (TPSA) is 232 Å². The predicted octanol–water partition coefficient (Wildman–Crippen LogP) is -5.80. The predicted molar refractivity (Wildman–Crippen MR) is 113 cm³/mol. The Labute approximate surface area is 222 Å². The number of β-lactam (4-membered cyclic amide) rings is 1. The van der Waals surface area contributed by atoms with Crippen LogP contribution in [0, 0.1) is 0 Å². The van der Waals surface area contributed by atoms with Crippen molar-refractivity contribution < 1.29 is 72.6 Å². The molecule has 14 nitrogen and oxygen atoms in total. The third-order valence-electron chi connectivity index (χ3n) is 4.63. The van der Waals surface area contributed by atoms with E-state index in [-0.39, 0.29) is 51.7 Å². The molecule has 0 aromatic carbocycles. The van der Waals surface area contributed by atoms with Gasteiger partial charge >= 0.3 is 35.5 Å². The molecule has 34 heavy (non-hydrogen) atoms. The van der Waals surface area contributed by atoms with Crippen molar-refractivity contribution in [2.24, 2.45) is 5.16 Å². The average molecular weight is 542 g/mol. The minimum absolute atomic E-state index is 0. The summed E-state index contributed by atoms with van der Waals surface area (Å²) in [5, 5.41) is 35.4. The molecule has 1 unspecified atom stereocenters. The van der Waals surface area contributed by atoms with Gasteiger partial charge in [-0.05, 0) is 5.57 Å². The zero-order valence-electron chi connectivity index (χ0n) is 17.5. The Morgan fingerprint density at radius 3 is 2.59 bits per heavy atom. The molecule has 2 atom stereocenters. The average Bonchev–Trinajstić information content (AvgIpc) is 3.16. The molecule has 0 spiro atoms. The van der Waals surface area contributed by atoms with Crippen molar-refractivity contribution in [3.05, 3.63) is 22.3 Å². The summed E-state index contributed by atoms with van der Waals surface area (Å²) in [6.07, 6.45) is -0.651. The maximum Gasteiger partial charge on any atom is 1.00 e. The second-order valence-electron chi connectivity index (χ2n) is 6.86. The van der Waals surface area contributed by atoms with Crippen molar-refractivity contribution in [2.75, 3.05) is 23.0 Å². The van der Waals surface area contributed by atoms with E-state index in [0.717, 1.165) is 28.0 Å². The molecule has 3 rings (SSSR count). The van der Waals surface area contributed by atoms with Crippen molar-refractivity contribution in [3.63, 3.8) is 0 Å². The summed E-state index contributed by atoms with van der Waals surface area (Å²) in [4.78, 5) is 52.1. The first kappa shape index (κ1) is 28.1. The first-order valence-electron chi connectivity index (χ1n) is 8.99. The number of nitrogens with zero attached hydrogens (tertiary/aromatic N) is 3. The zero-order chi connectivity index (χ0) is 24.5. The molecule has 0 radical (unpaired) electrons. The minimum atomic E-state index is -3.96. The standard InChI is InChI=1S/C16H17N5O9S3.Na/c17-16-18-7(4-32-16)9(20-28)12(24)19-10-13(25)21-11(15(26)27)6(3-31-14(10)21)5-33(29,30)2-1-8(22)23;/h4,10,14,28H,1-3,5H2,(H2,17,18)(H,19,24)(H,22,23)(H,26,27);/q;+1/p-1/b20-9-;/t10?,14-;/m1./s1. The van der Waals surface area contributed by atoms with Gasteiger partial charge in [-0.15, -0.1) is 23.1 Å². The number of nitrogens with one attached hydrogen (secondary N) is 1. The van der Waals surface area contributed by atoms with Gasteiger partial charge in [0.2, 0.25) is 0 Å². The van der Waals surface area contributed by atoms with Crippen LogP contribution in [0.1, 0.15) is 12.1 Å². The number of oxime groups is 1. The maximum atomic E-state index is 12.6. The van der Waals surface area contributed by atoms with Crippen LogP contribution in [-0.4, -0.2) is 86.8 Å². The molecule has 2 aliphatic rings. The van der Waals surface area contributed by atoms with E-state index in [4.69, 9.17) is 16.0 Å². The number of amides is 2. The minimum Gasteiger partial charge on any atom is -0.543 e. The quantitative estimate of drug-likeness (QED) is 0.0753. The molecule has 0 saturated carbocycles. The van der Waals surface area contributed by atoms with Gasteiger partial charge in [-0.1, -0.05) is 5.16 Å². The summed E-state index contributed by atoms with van der Waals surface area (Å²) < 4.78 is 24.4. The van der Waals surface area contributed by atoms with Gasteiger partial charge in [-0.2, -0.15) is 0 Å². The number of anilines is 1. The van der Waals surface area contributed by atoms with Crippen LogP contribution in [0.15, 0.2) is 21.8 Å². The van der Waals surface area contributed by atoms with E-state index in [9.17, 15) is 32.7 Å². The van der Waals surface area contributed by atoms with Crippen LogP contribution in [-0.2, 0) is 29.0 Å². The van der Waals surface area contributed by atoms with Crippen LogP contribution >= 0.6 is 23.1 Å². The molecule has 1 aromatic rings. The third kappa shape index (κ3) is 5.89. The molecule has 178 valence electrons. The fourth-order valence-corrected chi connectivity index (χ4v) is 6.60. The number of fused-ring (bicyclic) bond motifs is 1. The van der Waals surface area contributed by atoms with Gasteiger partial charge in [-0.25, -0.2) is 13.4 Å². The van der Waals surface area contributed by atoms with E-state index in [1.165, 1.54) is 5.38 Å². The summed E-state index contributed by atoms with van der Waals surface area (Å²) in [6, 6.07) is -1.19. The van der Waals surface area contributed by atoms with Crippen molar-refractivity contribution in [3.8, 4) is 0 Å². The molecular formula is C16H16N5NaO9S3. The fourth-order valence-electron chi connectivity index (χ4n) is 3.18. The van der Waals surface area contributed by atoms with E-state index in [0.29, 0.717) is 0 Å². The van der Waals surface area contributed by atoms with E-state index in [2.05, 4.69) is 15.5 Å². The number of thiazole rings is 1. The van der Waals surface area contributed by atoms with Gasteiger partial charge in [0.05, 0.1) is 29.6 Å². The van der Waals surface area contributed by atoms with Gasteiger partial charge in [0.25, 0.3) is 11.8 Å². The van der Waals surface area contributed by atoms with Crippen LogP contribution in [0.2, 0.25) is 0 Å². The second-order valence-corrected chi connectivity index (χ2v) is 11.0. The Hall–Kier alpha value is -2.18. The monoisotopic (exact) mass is 541 g/mol. The number of hydrogen-bond donors (Lipinski definition) is 4. The van der Waals surface area contributed by atoms with Crippen molar-refractivity contribution >= 4 is 67.5 Å². The third-order valence-corrected chi connectivity index (χ3v) is 8.26. The van der Waals surface area contributed by atoms with Crippen molar-refractivity contribution in [1.29, 1.82) is 0 Å². The van der Waals surface area contributed by atoms with Gasteiger partial charge in [0, 0.05) is 11.1 Å². The van der Waals surface area contributed by atoms with Crippen LogP contribution < -0.4 is 45.7 Å². The Balaban J connectivity index is 0.00000408. The molecule has 2 aliphatic heterocycles. The zero-order valence-corrected chi connectivity index (χ0v) is 21.9. The molecule has 5 N–H and O–H groups in total. The molecule has 0 aliphatic carbocycles. The number of nitrogen functional groups attached to an aromatic ring is 1. The summed E-state index contributed by atoms with van der Waals surface area (Å²) in [6.45, 7) is 0. The van der Waals surface area contributed by atoms with E-state index in [1.54, 1.807) is 0 Å². The largest absolute Gasteiger partial charge is 1.00 e. The number of aromatic nitrogens is 1. The van der Waals surface area contributed by atoms with Crippen LogP contribution in [0.25, 0.3) is 0 Å². The Kier molecular flexibility index (Phi) is 9.11. The first-order chi connectivity index (χ1) is 15.4. The second kappa shape index (κ2) is 11.0. The Morgan fingerprint density at radius 1 is 1.38 bits per heavy atom. The molecule has 18 heteroatoms. The number of sulfone groups is 1. The number of hydrogen-bond acceptors (Lipinski definition) is 13. The smallest absolute Gasteiger partial charge is 0.543 e. The van der Waals surface area contributed by atoms with Gasteiger partial charge < -0.3 is 31.3 Å². The van der Waals surface area contributed by atoms with Gasteiger partial charge in [-0.3, -0.25) is 19.3 Å². The Morgan fingerprint density at radius 2 is 2.06 bits per heavy atom. The molecule has 1 aromatic heterocycles. The summed E-state index contributed by atoms with van der Waals surface area (Å²) >= 11 is 2.00. The van der Waals surface area contributed by atoms with Crippen LogP contribution in [0.5, 0.6) is 0 Å². The number of rotatable bonds is 9. The van der Waals surface area contributed by atoms with E-state index < -0.39 is 74.3 Å². The number of thioether (sulfide) groups is 1. The summed E-state index contributed by atoms with van der Waals surface area (Å²) in [5.41, 5.74) is 4.22. The van der Waals surface area contributed by atoms with Gasteiger partial charge in [0.1, 0.15) is 17.1 Å². The first-order valence-corrected chi connectivity index (χ1v) is 12.7. The number of aliphatic carboxylic acids is 2. The van der Waals surface area contributed by atoms with Gasteiger partial charge in [0.15, 0.2) is 20.7 Å². The fraction of sp³-hybridized carbons (Fsp3) is 0.375. The van der Waals surface area contributed by atoms with Crippen molar-refractivity contribution in [1.82, 2.24) is 15.2 Å². The molecule has 1 saturated heterocycles. The van der Waals surface area contributed by atoms with Crippen LogP contribution in [0.3, 0.4) is 0 Å². The number of carbonyl (C=O) groups excluding carboxylic acids is 3.